The van der Waals surface area contributed by atoms with Crippen LogP contribution < -0.4 is 0 Å². The third kappa shape index (κ3) is 1.39. The monoisotopic (exact) mass is 250 g/mol. The molecule has 0 aliphatic carbocycles. The van der Waals surface area contributed by atoms with Crippen LogP contribution in [-0.4, -0.2) is 24.7 Å². The fraction of sp³-hybridized carbons (Fsp3) is 0.100. The maximum Gasteiger partial charge on any atom is 0.318 e. The van der Waals surface area contributed by atoms with Crippen LogP contribution in [0.4, 0.5) is 4.39 Å². The summed E-state index contributed by atoms with van der Waals surface area (Å²) in [5, 5.41) is 14.9. The van der Waals surface area contributed by atoms with E-state index in [4.69, 9.17) is 0 Å². The highest BCUT2D eigenvalue weighted by atomic mass is 32.1. The van der Waals surface area contributed by atoms with E-state index in [0.717, 1.165) is 16.9 Å². The van der Waals surface area contributed by atoms with E-state index in [-0.39, 0.29) is 11.1 Å². The molecule has 0 bridgehead atoms. The molecule has 0 saturated heterocycles. The zero-order chi connectivity index (χ0) is 12.0. The Kier molecular flexibility index (Phi) is 2.08. The van der Waals surface area contributed by atoms with Crippen molar-refractivity contribution in [2.24, 2.45) is 0 Å². The van der Waals surface area contributed by atoms with E-state index >= 15 is 0 Å². The van der Waals surface area contributed by atoms with Crippen molar-refractivity contribution in [2.75, 3.05) is 0 Å². The summed E-state index contributed by atoms with van der Waals surface area (Å²) >= 11 is 1.03. The summed E-state index contributed by atoms with van der Waals surface area (Å²) in [7, 11) is 0. The minimum Gasteiger partial charge on any atom is -0.479 e. The van der Waals surface area contributed by atoms with Crippen LogP contribution in [0.5, 0.6) is 6.01 Å². The summed E-state index contributed by atoms with van der Waals surface area (Å²) in [5.41, 5.74) is 2.24. The van der Waals surface area contributed by atoms with Gasteiger partial charge in [0.2, 0.25) is 0 Å². The van der Waals surface area contributed by atoms with Gasteiger partial charge in [0.25, 0.3) is 0 Å². The molecule has 0 fully saturated rings. The molecule has 86 valence electrons. The van der Waals surface area contributed by atoms with Crippen LogP contribution >= 0.6 is 11.3 Å². The number of thiophene rings is 1. The first kappa shape index (κ1) is 10.2. The Morgan fingerprint density at radius 2 is 2.24 bits per heavy atom. The number of rotatable bonds is 1. The summed E-state index contributed by atoms with van der Waals surface area (Å²) in [6.45, 7) is 1.82. The summed E-state index contributed by atoms with van der Waals surface area (Å²) in [6, 6.07) is -0.269. The van der Waals surface area contributed by atoms with E-state index in [9.17, 15) is 9.50 Å². The molecule has 0 aromatic carbocycles. The number of halogens is 1. The predicted octanol–water partition coefficient (Wildman–Crippen LogP) is 2.01. The third-order valence-corrected chi connectivity index (χ3v) is 3.37. The largest absolute Gasteiger partial charge is 0.479 e. The molecule has 5 nitrogen and oxygen atoms in total. The van der Waals surface area contributed by atoms with Gasteiger partial charge in [-0.2, -0.15) is 19.0 Å². The van der Waals surface area contributed by atoms with E-state index in [1.54, 1.807) is 5.38 Å². The van der Waals surface area contributed by atoms with Gasteiger partial charge in [-0.3, -0.25) is 0 Å². The van der Waals surface area contributed by atoms with Gasteiger partial charge in [0, 0.05) is 5.56 Å². The SMILES string of the molecule is Cc1csc(F)c1-c1cnn2c(O)ncnc12. The van der Waals surface area contributed by atoms with Crippen LogP contribution in [0.3, 0.4) is 0 Å². The molecule has 1 N–H and O–H groups in total. The number of fused-ring (bicyclic) bond motifs is 1. The number of aryl methyl sites for hydroxylation is 1. The molecule has 0 saturated carbocycles. The van der Waals surface area contributed by atoms with Gasteiger partial charge in [-0.1, -0.05) is 0 Å². The van der Waals surface area contributed by atoms with Crippen molar-refractivity contribution in [3.63, 3.8) is 0 Å². The third-order valence-electron chi connectivity index (χ3n) is 2.49. The van der Waals surface area contributed by atoms with E-state index in [1.165, 1.54) is 17.0 Å². The average Bonchev–Trinajstić information content (AvgIpc) is 2.84. The molecule has 3 aromatic heterocycles. The summed E-state index contributed by atoms with van der Waals surface area (Å²) in [5.74, 6) is 0. The molecule has 0 amide bonds. The molecular formula is C10H7FN4OS. The molecule has 0 unspecified atom stereocenters. The fourth-order valence-corrected chi connectivity index (χ4v) is 2.50. The molecule has 3 aromatic rings. The first-order valence-electron chi connectivity index (χ1n) is 4.80. The van der Waals surface area contributed by atoms with Crippen LogP contribution in [0.15, 0.2) is 17.9 Å². The zero-order valence-electron chi connectivity index (χ0n) is 8.75. The maximum atomic E-state index is 13.7. The van der Waals surface area contributed by atoms with Crippen molar-refractivity contribution >= 4 is 17.0 Å². The van der Waals surface area contributed by atoms with Crippen LogP contribution in [0, 0.1) is 12.1 Å². The van der Waals surface area contributed by atoms with Gasteiger partial charge in [-0.25, -0.2) is 4.98 Å². The second kappa shape index (κ2) is 3.49. The van der Waals surface area contributed by atoms with Crippen molar-refractivity contribution in [3.05, 3.63) is 28.6 Å². The average molecular weight is 250 g/mol. The van der Waals surface area contributed by atoms with Crippen LogP contribution in [0.2, 0.25) is 0 Å². The Balaban J connectivity index is 2.36. The lowest BCUT2D eigenvalue weighted by atomic mass is 10.1. The molecule has 0 aliphatic heterocycles. The van der Waals surface area contributed by atoms with Crippen LogP contribution in [-0.2, 0) is 0 Å². The Morgan fingerprint density at radius 1 is 1.41 bits per heavy atom. The zero-order valence-corrected chi connectivity index (χ0v) is 9.57. The summed E-state index contributed by atoms with van der Waals surface area (Å²) in [6.07, 6.45) is 2.69. The molecule has 7 heteroatoms. The van der Waals surface area contributed by atoms with Crippen LogP contribution in [0.1, 0.15) is 5.56 Å². The van der Waals surface area contributed by atoms with E-state index in [2.05, 4.69) is 15.1 Å². The number of aromatic nitrogens is 4. The molecule has 0 spiro atoms. The molecule has 0 atom stereocenters. The first-order valence-corrected chi connectivity index (χ1v) is 5.68. The summed E-state index contributed by atoms with van der Waals surface area (Å²) < 4.78 is 14.9. The van der Waals surface area contributed by atoms with Gasteiger partial charge in [0.05, 0.1) is 11.8 Å². The highest BCUT2D eigenvalue weighted by molar-refractivity contribution is 7.08. The van der Waals surface area contributed by atoms with Crippen LogP contribution in [0.25, 0.3) is 16.8 Å². The van der Waals surface area contributed by atoms with Gasteiger partial charge < -0.3 is 5.11 Å². The second-order valence-electron chi connectivity index (χ2n) is 3.53. The quantitative estimate of drug-likeness (QED) is 0.717. The molecule has 17 heavy (non-hydrogen) atoms. The standard InChI is InChI=1S/C10H7FN4OS/c1-5-3-17-8(11)7(5)6-2-14-15-9(6)12-4-13-10(15)16/h2-4H,1H3,(H,12,13,16). The number of aromatic hydroxyl groups is 1. The lowest BCUT2D eigenvalue weighted by Gasteiger charge is -1.98. The Bertz CT molecular complexity index is 686. The topological polar surface area (TPSA) is 63.3 Å². The van der Waals surface area contributed by atoms with Gasteiger partial charge in [0.15, 0.2) is 10.8 Å². The lowest BCUT2D eigenvalue weighted by Crippen LogP contribution is -1.93. The fourth-order valence-electron chi connectivity index (χ4n) is 1.71. The molecule has 3 rings (SSSR count). The predicted molar refractivity (Wildman–Crippen MR) is 60.5 cm³/mol. The van der Waals surface area contributed by atoms with Gasteiger partial charge >= 0.3 is 6.01 Å². The first-order chi connectivity index (χ1) is 8.18. The number of hydrogen-bond donors (Lipinski definition) is 1. The highest BCUT2D eigenvalue weighted by Gasteiger charge is 2.17. The van der Waals surface area contributed by atoms with E-state index in [1.807, 2.05) is 6.92 Å². The minimum atomic E-state index is -0.282. The smallest absolute Gasteiger partial charge is 0.318 e. The lowest BCUT2D eigenvalue weighted by molar-refractivity contribution is 0.411. The highest BCUT2D eigenvalue weighted by Crippen LogP contribution is 2.33. The Morgan fingerprint density at radius 3 is 2.94 bits per heavy atom. The second-order valence-corrected chi connectivity index (χ2v) is 4.36. The maximum absolute atomic E-state index is 13.7. The Hall–Kier alpha value is -2.02. The van der Waals surface area contributed by atoms with Crippen molar-refractivity contribution in [2.45, 2.75) is 6.92 Å². The molecule has 0 radical (unpaired) electrons. The normalized spacial score (nSPS) is 11.2. The number of nitrogens with zero attached hydrogens (tertiary/aromatic N) is 4. The van der Waals surface area contributed by atoms with E-state index in [0.29, 0.717) is 16.8 Å². The number of hydrogen-bond acceptors (Lipinski definition) is 5. The Labute approximate surface area is 99.2 Å². The van der Waals surface area contributed by atoms with Crippen molar-refractivity contribution in [1.29, 1.82) is 0 Å². The van der Waals surface area contributed by atoms with Gasteiger partial charge in [0.1, 0.15) is 6.33 Å². The summed E-state index contributed by atoms with van der Waals surface area (Å²) in [4.78, 5) is 7.61. The van der Waals surface area contributed by atoms with Crippen molar-refractivity contribution < 1.29 is 9.50 Å². The van der Waals surface area contributed by atoms with E-state index < -0.39 is 0 Å². The molecule has 0 aliphatic rings. The van der Waals surface area contributed by atoms with Crippen molar-refractivity contribution in [3.8, 4) is 17.1 Å². The molecular weight excluding hydrogens is 243 g/mol. The van der Waals surface area contributed by atoms with Gasteiger partial charge in [-0.15, -0.1) is 11.3 Å². The molecule has 3 heterocycles. The van der Waals surface area contributed by atoms with Crippen molar-refractivity contribution in [1.82, 2.24) is 19.6 Å². The minimum absolute atomic E-state index is 0.269. The van der Waals surface area contributed by atoms with Gasteiger partial charge in [-0.05, 0) is 17.9 Å².